The third-order valence-corrected chi connectivity index (χ3v) is 7.88. The fourth-order valence-electron chi connectivity index (χ4n) is 3.64. The fraction of sp³-hybridized carbons (Fsp3) is 0.348. The lowest BCUT2D eigenvalue weighted by atomic mass is 10.2. The molecule has 33 heavy (non-hydrogen) atoms. The Morgan fingerprint density at radius 3 is 2.52 bits per heavy atom. The molecule has 1 aromatic heterocycles. The van der Waals surface area contributed by atoms with Crippen molar-refractivity contribution in [2.75, 3.05) is 12.3 Å². The Balaban J connectivity index is 1.45. The number of thioether (sulfide) groups is 1. The Kier molecular flexibility index (Phi) is 6.24. The summed E-state index contributed by atoms with van der Waals surface area (Å²) in [6, 6.07) is 13.8. The molecule has 0 unspecified atom stereocenters. The first-order valence-corrected chi connectivity index (χ1v) is 13.0. The molecule has 4 rings (SSSR count). The molecule has 0 spiro atoms. The number of carbonyl (C=O) groups excluding carboxylic acids is 2. The van der Waals surface area contributed by atoms with Gasteiger partial charge in [-0.15, -0.1) is 0 Å². The van der Waals surface area contributed by atoms with Crippen LogP contribution in [0.25, 0.3) is 11.0 Å². The highest BCUT2D eigenvalue weighted by molar-refractivity contribution is 7.99. The maximum Gasteiger partial charge on any atom is 0.326 e. The Morgan fingerprint density at radius 2 is 1.79 bits per heavy atom. The molecule has 0 saturated heterocycles. The number of sulfonamides is 1. The van der Waals surface area contributed by atoms with Gasteiger partial charge in [-0.1, -0.05) is 36.0 Å². The number of fused-ring (bicyclic) bond motifs is 2. The predicted octanol–water partition coefficient (Wildman–Crippen LogP) is 3.70. The van der Waals surface area contributed by atoms with Crippen LogP contribution in [0.3, 0.4) is 0 Å². The van der Waals surface area contributed by atoms with Gasteiger partial charge in [-0.25, -0.2) is 17.7 Å². The number of rotatable bonds is 7. The van der Waals surface area contributed by atoms with Gasteiger partial charge >= 0.3 is 5.97 Å². The van der Waals surface area contributed by atoms with E-state index in [1.54, 1.807) is 12.1 Å². The number of benzene rings is 2. The Hall–Kier alpha value is -2.85. The highest BCUT2D eigenvalue weighted by Crippen LogP contribution is 2.31. The Morgan fingerprint density at radius 1 is 1.09 bits per heavy atom. The van der Waals surface area contributed by atoms with E-state index in [0.29, 0.717) is 17.3 Å². The molecule has 2 heterocycles. The average Bonchev–Trinajstić information content (AvgIpc) is 3.17. The van der Waals surface area contributed by atoms with Crippen LogP contribution in [-0.4, -0.2) is 52.0 Å². The van der Waals surface area contributed by atoms with Crippen LogP contribution in [0.2, 0.25) is 0 Å². The smallest absolute Gasteiger partial charge is 0.326 e. The molecule has 174 valence electrons. The summed E-state index contributed by atoms with van der Waals surface area (Å²) < 4.78 is 33.6. The van der Waals surface area contributed by atoms with Crippen molar-refractivity contribution >= 4 is 44.7 Å². The van der Waals surface area contributed by atoms with Gasteiger partial charge in [0.25, 0.3) is 15.9 Å². The lowest BCUT2D eigenvalue weighted by Crippen LogP contribution is -2.31. The van der Waals surface area contributed by atoms with Gasteiger partial charge in [0.2, 0.25) is 0 Å². The molecule has 1 aliphatic heterocycles. The molecule has 0 N–H and O–H groups in total. The zero-order chi connectivity index (χ0) is 23.8. The second-order valence-electron chi connectivity index (χ2n) is 8.64. The number of amides is 1. The van der Waals surface area contributed by atoms with Gasteiger partial charge in [0, 0.05) is 12.3 Å². The van der Waals surface area contributed by atoms with Crippen LogP contribution < -0.4 is 0 Å². The van der Waals surface area contributed by atoms with Crippen LogP contribution >= 0.6 is 11.8 Å². The van der Waals surface area contributed by atoms with Crippen LogP contribution in [0, 0.1) is 0 Å². The van der Waals surface area contributed by atoms with E-state index in [0.717, 1.165) is 15.3 Å². The molecule has 0 radical (unpaired) electrons. The number of imidazole rings is 1. The molecule has 3 aromatic rings. The first-order valence-electron chi connectivity index (χ1n) is 10.5. The summed E-state index contributed by atoms with van der Waals surface area (Å²) in [5, 5.41) is 0.640. The van der Waals surface area contributed by atoms with Crippen LogP contribution in [-0.2, 0) is 26.1 Å². The molecule has 0 bridgehead atoms. The van der Waals surface area contributed by atoms with E-state index in [4.69, 9.17) is 4.74 Å². The largest absolute Gasteiger partial charge is 0.459 e. The topological polar surface area (TPSA) is 98.6 Å². The summed E-state index contributed by atoms with van der Waals surface area (Å²) in [4.78, 5) is 29.7. The number of ether oxygens (including phenoxy) is 1. The summed E-state index contributed by atoms with van der Waals surface area (Å²) in [6.45, 7) is 5.55. The van der Waals surface area contributed by atoms with Crippen molar-refractivity contribution in [3.63, 3.8) is 0 Å². The Labute approximate surface area is 197 Å². The maximum absolute atomic E-state index is 12.7. The number of nitrogens with zero attached hydrogens (tertiary/aromatic N) is 3. The standard InChI is InChI=1S/C23H25N3O5S2/c1-23(2,3)31-20(27)15-25-18-11-6-5-10-17(18)24-22(25)32-14-8-13-26-21(28)16-9-4-7-12-19(16)33(26,29)30/h4-7,9-12H,8,13-15H2,1-3H3. The minimum atomic E-state index is -3.81. The van der Waals surface area contributed by atoms with Gasteiger partial charge in [0.05, 0.1) is 16.6 Å². The lowest BCUT2D eigenvalue weighted by molar-refractivity contribution is -0.155. The molecule has 8 nitrogen and oxygen atoms in total. The first-order chi connectivity index (χ1) is 15.6. The highest BCUT2D eigenvalue weighted by atomic mass is 32.2. The quantitative estimate of drug-likeness (QED) is 0.285. The third kappa shape index (κ3) is 4.77. The minimum absolute atomic E-state index is 0.0222. The summed E-state index contributed by atoms with van der Waals surface area (Å²) in [5.74, 6) is -0.334. The van der Waals surface area contributed by atoms with Crippen LogP contribution in [0.1, 0.15) is 37.6 Å². The Bertz CT molecular complexity index is 1330. The van der Waals surface area contributed by atoms with Gasteiger partial charge in [0.1, 0.15) is 17.0 Å². The van der Waals surface area contributed by atoms with E-state index in [9.17, 15) is 18.0 Å². The van der Waals surface area contributed by atoms with Crippen LogP contribution in [0.5, 0.6) is 0 Å². The maximum atomic E-state index is 12.7. The minimum Gasteiger partial charge on any atom is -0.459 e. The average molecular weight is 488 g/mol. The molecule has 1 aliphatic rings. The van der Waals surface area contributed by atoms with Crippen molar-refractivity contribution in [2.45, 2.75) is 49.4 Å². The normalized spacial score (nSPS) is 15.1. The summed E-state index contributed by atoms with van der Waals surface area (Å²) in [7, 11) is -3.81. The summed E-state index contributed by atoms with van der Waals surface area (Å²) >= 11 is 1.41. The lowest BCUT2D eigenvalue weighted by Gasteiger charge is -2.20. The fourth-order valence-corrected chi connectivity index (χ4v) is 6.19. The van der Waals surface area contributed by atoms with Gasteiger partial charge < -0.3 is 9.30 Å². The van der Waals surface area contributed by atoms with E-state index in [1.807, 2.05) is 49.6 Å². The summed E-state index contributed by atoms with van der Waals surface area (Å²) in [5.41, 5.74) is 1.20. The molecule has 10 heteroatoms. The molecule has 1 amide bonds. The van der Waals surface area contributed by atoms with E-state index in [-0.39, 0.29) is 29.5 Å². The van der Waals surface area contributed by atoms with Gasteiger partial charge in [-0.3, -0.25) is 9.59 Å². The van der Waals surface area contributed by atoms with Crippen LogP contribution in [0.4, 0.5) is 0 Å². The number of aromatic nitrogens is 2. The number of carbonyl (C=O) groups is 2. The van der Waals surface area contributed by atoms with Crippen molar-refractivity contribution in [1.29, 1.82) is 0 Å². The molecular weight excluding hydrogens is 462 g/mol. The molecule has 0 fully saturated rings. The van der Waals surface area contributed by atoms with Crippen molar-refractivity contribution in [3.8, 4) is 0 Å². The first kappa shape index (κ1) is 23.3. The van der Waals surface area contributed by atoms with Crippen molar-refractivity contribution in [2.24, 2.45) is 0 Å². The van der Waals surface area contributed by atoms with Crippen LogP contribution in [0.15, 0.2) is 58.6 Å². The van der Waals surface area contributed by atoms with Gasteiger partial charge in [0.15, 0.2) is 5.16 Å². The third-order valence-electron chi connectivity index (χ3n) is 4.98. The van der Waals surface area contributed by atoms with E-state index >= 15 is 0 Å². The number of hydrogen-bond donors (Lipinski definition) is 0. The highest BCUT2D eigenvalue weighted by Gasteiger charge is 2.40. The SMILES string of the molecule is CC(C)(C)OC(=O)Cn1c(SCCCN2C(=O)c3ccccc3S2(=O)=O)nc2ccccc21. The zero-order valence-electron chi connectivity index (χ0n) is 18.6. The van der Waals surface area contributed by atoms with Crippen molar-refractivity contribution in [1.82, 2.24) is 13.9 Å². The molecule has 0 aliphatic carbocycles. The van der Waals surface area contributed by atoms with E-state index < -0.39 is 21.5 Å². The van der Waals surface area contributed by atoms with Gasteiger partial charge in [-0.05, 0) is 51.5 Å². The number of para-hydroxylation sites is 2. The zero-order valence-corrected chi connectivity index (χ0v) is 20.3. The monoisotopic (exact) mass is 487 g/mol. The molecule has 2 aromatic carbocycles. The molecular formula is C23H25N3O5S2. The second-order valence-corrected chi connectivity index (χ2v) is 11.5. The van der Waals surface area contributed by atoms with E-state index in [1.165, 1.54) is 23.9 Å². The van der Waals surface area contributed by atoms with Crippen molar-refractivity contribution < 1.29 is 22.7 Å². The van der Waals surface area contributed by atoms with Crippen molar-refractivity contribution in [3.05, 3.63) is 54.1 Å². The number of esters is 1. The molecule has 0 atom stereocenters. The predicted molar refractivity (Wildman–Crippen MR) is 126 cm³/mol. The summed E-state index contributed by atoms with van der Waals surface area (Å²) in [6.07, 6.45) is 0.444. The van der Waals surface area contributed by atoms with Gasteiger partial charge in [-0.2, -0.15) is 0 Å². The van der Waals surface area contributed by atoms with E-state index in [2.05, 4.69) is 4.98 Å². The second kappa shape index (κ2) is 8.83. The number of hydrogen-bond acceptors (Lipinski definition) is 7. The molecule has 0 saturated carbocycles.